The minimum atomic E-state index is -3.70. The van der Waals surface area contributed by atoms with Crippen LogP contribution in [0.15, 0.2) is 47.4 Å². The third-order valence-electron chi connectivity index (χ3n) is 5.19. The van der Waals surface area contributed by atoms with E-state index in [-0.39, 0.29) is 35.0 Å². The van der Waals surface area contributed by atoms with E-state index in [0.717, 1.165) is 5.56 Å². The molecule has 1 N–H and O–H groups in total. The normalized spacial score (nSPS) is 12.0. The Morgan fingerprint density at radius 3 is 2.22 bits per heavy atom. The first-order chi connectivity index (χ1) is 14.9. The topological polar surface area (TPSA) is 92.8 Å². The van der Waals surface area contributed by atoms with Gasteiger partial charge in [0, 0.05) is 25.6 Å². The van der Waals surface area contributed by atoms with Crippen molar-refractivity contribution in [2.45, 2.75) is 50.8 Å². The Balaban J connectivity index is 1.98. The molecule has 0 aliphatic carbocycles. The number of carbonyl (C=O) groups is 2. The van der Waals surface area contributed by atoms with Crippen molar-refractivity contribution in [2.75, 3.05) is 26.0 Å². The van der Waals surface area contributed by atoms with E-state index >= 15 is 0 Å². The number of nitrogens with zero attached hydrogens (tertiary/aromatic N) is 1. The van der Waals surface area contributed by atoms with Gasteiger partial charge in [-0.05, 0) is 48.6 Å². The summed E-state index contributed by atoms with van der Waals surface area (Å²) >= 11 is 0. The number of Topliss-reactive ketones (excluding diaryl/α,β-unsaturated/α-hetero) is 1. The van der Waals surface area contributed by atoms with Crippen molar-refractivity contribution in [3.63, 3.8) is 0 Å². The van der Waals surface area contributed by atoms with Crippen LogP contribution in [0, 0.1) is 0 Å². The number of carbonyl (C=O) groups excluding carboxylic acids is 2. The quantitative estimate of drug-likeness (QED) is 0.565. The molecule has 0 spiro atoms. The highest BCUT2D eigenvalue weighted by atomic mass is 32.2. The summed E-state index contributed by atoms with van der Waals surface area (Å²) in [5.41, 5.74) is 2.03. The Kier molecular flexibility index (Phi) is 8.20. The summed E-state index contributed by atoms with van der Waals surface area (Å²) in [7, 11) is -0.680. The zero-order valence-corrected chi connectivity index (χ0v) is 20.4. The molecule has 1 amide bonds. The van der Waals surface area contributed by atoms with E-state index in [1.807, 2.05) is 18.2 Å². The van der Waals surface area contributed by atoms with Crippen LogP contribution in [0.4, 0.5) is 5.69 Å². The molecular formula is C24H32N2O5S. The van der Waals surface area contributed by atoms with Gasteiger partial charge in [-0.25, -0.2) is 12.7 Å². The van der Waals surface area contributed by atoms with Crippen LogP contribution in [0.1, 0.15) is 56.5 Å². The molecule has 174 valence electrons. The summed E-state index contributed by atoms with van der Waals surface area (Å²) in [6.45, 7) is 7.87. The Labute approximate surface area is 190 Å². The van der Waals surface area contributed by atoms with Crippen LogP contribution in [0.2, 0.25) is 0 Å². The van der Waals surface area contributed by atoms with E-state index in [2.05, 4.69) is 26.1 Å². The van der Waals surface area contributed by atoms with Gasteiger partial charge in [0.2, 0.25) is 15.9 Å². The Bertz CT molecular complexity index is 1070. The molecule has 0 aliphatic rings. The van der Waals surface area contributed by atoms with Crippen LogP contribution >= 0.6 is 0 Å². The Morgan fingerprint density at radius 2 is 1.69 bits per heavy atom. The molecule has 0 heterocycles. The van der Waals surface area contributed by atoms with E-state index < -0.39 is 10.0 Å². The SMILES string of the molecule is COc1ccc(C(C)(C)C)cc1NC(=O)CCCN(C)S(=O)(=O)c1ccc(C(C)=O)cc1. The van der Waals surface area contributed by atoms with E-state index in [9.17, 15) is 18.0 Å². The largest absolute Gasteiger partial charge is 0.495 e. The standard InChI is InChI=1S/C24H32N2O5S/c1-17(27)18-9-12-20(13-10-18)32(29,30)26(5)15-7-8-23(28)25-21-16-19(24(2,3)4)11-14-22(21)31-6/h9-14,16H,7-8,15H2,1-6H3,(H,25,28). The zero-order valence-electron chi connectivity index (χ0n) is 19.6. The van der Waals surface area contributed by atoms with E-state index in [0.29, 0.717) is 23.4 Å². The Morgan fingerprint density at radius 1 is 1.06 bits per heavy atom. The van der Waals surface area contributed by atoms with Gasteiger partial charge in [-0.3, -0.25) is 9.59 Å². The van der Waals surface area contributed by atoms with Crippen LogP contribution in [0.3, 0.4) is 0 Å². The molecule has 0 radical (unpaired) electrons. The molecule has 0 saturated heterocycles. The number of amides is 1. The van der Waals surface area contributed by atoms with Crippen molar-refractivity contribution in [1.82, 2.24) is 4.31 Å². The second kappa shape index (κ2) is 10.3. The highest BCUT2D eigenvalue weighted by Crippen LogP contribution is 2.31. The predicted molar refractivity (Wildman–Crippen MR) is 126 cm³/mol. The fraction of sp³-hybridized carbons (Fsp3) is 0.417. The monoisotopic (exact) mass is 460 g/mol. The summed E-state index contributed by atoms with van der Waals surface area (Å²) in [6.07, 6.45) is 0.514. The molecule has 8 heteroatoms. The maximum Gasteiger partial charge on any atom is 0.242 e. The average molecular weight is 461 g/mol. The number of benzene rings is 2. The number of hydrogen-bond donors (Lipinski definition) is 1. The molecule has 7 nitrogen and oxygen atoms in total. The summed E-state index contributed by atoms with van der Waals surface area (Å²) < 4.78 is 32.0. The van der Waals surface area contributed by atoms with E-state index in [1.165, 1.54) is 42.5 Å². The number of anilines is 1. The summed E-state index contributed by atoms with van der Waals surface area (Å²) in [5.74, 6) is 0.226. The van der Waals surface area contributed by atoms with Crippen LogP contribution in [-0.2, 0) is 20.2 Å². The van der Waals surface area contributed by atoms with Crippen molar-refractivity contribution >= 4 is 27.4 Å². The average Bonchev–Trinajstić information content (AvgIpc) is 2.72. The van der Waals surface area contributed by atoms with Crippen molar-refractivity contribution in [3.8, 4) is 5.75 Å². The number of nitrogens with one attached hydrogen (secondary N) is 1. The zero-order chi connectivity index (χ0) is 24.1. The van der Waals surface area contributed by atoms with E-state index in [1.54, 1.807) is 7.11 Å². The van der Waals surface area contributed by atoms with Crippen LogP contribution < -0.4 is 10.1 Å². The summed E-state index contributed by atoms with van der Waals surface area (Å²) in [6, 6.07) is 11.5. The molecule has 0 fully saturated rings. The molecule has 2 aromatic carbocycles. The fourth-order valence-electron chi connectivity index (χ4n) is 3.11. The highest BCUT2D eigenvalue weighted by Gasteiger charge is 2.21. The number of sulfonamides is 1. The molecule has 0 aliphatic heterocycles. The molecule has 0 unspecified atom stereocenters. The molecule has 32 heavy (non-hydrogen) atoms. The van der Waals surface area contributed by atoms with Crippen molar-refractivity contribution < 1.29 is 22.7 Å². The molecule has 0 bridgehead atoms. The molecule has 0 aromatic heterocycles. The smallest absolute Gasteiger partial charge is 0.242 e. The lowest BCUT2D eigenvalue weighted by atomic mass is 9.87. The number of ether oxygens (including phenoxy) is 1. The van der Waals surface area contributed by atoms with Gasteiger partial charge in [0.15, 0.2) is 5.78 Å². The first kappa shape index (κ1) is 25.5. The predicted octanol–water partition coefficient (Wildman–Crippen LogP) is 4.23. The molecule has 0 saturated carbocycles. The first-order valence-corrected chi connectivity index (χ1v) is 11.9. The van der Waals surface area contributed by atoms with Gasteiger partial charge in [0.25, 0.3) is 0 Å². The van der Waals surface area contributed by atoms with E-state index in [4.69, 9.17) is 4.74 Å². The lowest BCUT2D eigenvalue weighted by molar-refractivity contribution is -0.116. The van der Waals surface area contributed by atoms with Crippen LogP contribution in [0.25, 0.3) is 0 Å². The molecule has 2 aromatic rings. The lowest BCUT2D eigenvalue weighted by Crippen LogP contribution is -2.28. The summed E-state index contributed by atoms with van der Waals surface area (Å²) in [4.78, 5) is 24.0. The lowest BCUT2D eigenvalue weighted by Gasteiger charge is -2.21. The van der Waals surface area contributed by atoms with Gasteiger partial charge in [-0.15, -0.1) is 0 Å². The first-order valence-electron chi connectivity index (χ1n) is 10.4. The number of ketones is 1. The van der Waals surface area contributed by atoms with Gasteiger partial charge in [-0.2, -0.15) is 0 Å². The second-order valence-electron chi connectivity index (χ2n) is 8.72. The maximum absolute atomic E-state index is 12.7. The van der Waals surface area contributed by atoms with Crippen molar-refractivity contribution in [1.29, 1.82) is 0 Å². The minimum Gasteiger partial charge on any atom is -0.495 e. The van der Waals surface area contributed by atoms with Crippen molar-refractivity contribution in [3.05, 3.63) is 53.6 Å². The third-order valence-corrected chi connectivity index (χ3v) is 7.06. The number of hydrogen-bond acceptors (Lipinski definition) is 5. The molecule has 2 rings (SSSR count). The van der Waals surface area contributed by atoms with Crippen molar-refractivity contribution in [2.24, 2.45) is 0 Å². The number of rotatable bonds is 9. The molecular weight excluding hydrogens is 428 g/mol. The van der Waals surface area contributed by atoms with Crippen LogP contribution in [0.5, 0.6) is 5.75 Å². The van der Waals surface area contributed by atoms with Gasteiger partial charge < -0.3 is 10.1 Å². The van der Waals surface area contributed by atoms with Gasteiger partial charge in [0.1, 0.15) is 5.75 Å². The maximum atomic E-state index is 12.7. The Hall–Kier alpha value is -2.71. The number of methoxy groups -OCH3 is 1. The highest BCUT2D eigenvalue weighted by molar-refractivity contribution is 7.89. The van der Waals surface area contributed by atoms with Crippen LogP contribution in [-0.4, -0.2) is 45.1 Å². The summed E-state index contributed by atoms with van der Waals surface area (Å²) in [5, 5.41) is 2.87. The molecule has 0 atom stereocenters. The minimum absolute atomic E-state index is 0.0779. The second-order valence-corrected chi connectivity index (χ2v) is 10.8. The third kappa shape index (κ3) is 6.40. The van der Waals surface area contributed by atoms with Gasteiger partial charge >= 0.3 is 0 Å². The fourth-order valence-corrected chi connectivity index (χ4v) is 4.32. The van der Waals surface area contributed by atoms with Gasteiger partial charge in [0.05, 0.1) is 17.7 Å². The van der Waals surface area contributed by atoms with Gasteiger partial charge in [-0.1, -0.05) is 39.0 Å².